The Balaban J connectivity index is 2.29. The number of anilines is 1. The number of rotatable bonds is 4. The van der Waals surface area contributed by atoms with Crippen molar-refractivity contribution in [1.29, 1.82) is 0 Å². The molecule has 104 valence electrons. The standard InChI is InChI=1S/C14H13BrFN3S/c1-19(8-9-4-2-3-7-18-9)11-6-5-10(14(17)20)12(15)13(11)16/h2-7H,8H2,1H3,(H2,17,20). The van der Waals surface area contributed by atoms with E-state index in [1.54, 1.807) is 30.3 Å². The number of halogens is 2. The van der Waals surface area contributed by atoms with Gasteiger partial charge in [-0.15, -0.1) is 0 Å². The first kappa shape index (κ1) is 14.9. The Bertz CT molecular complexity index is 634. The van der Waals surface area contributed by atoms with Crippen LogP contribution in [0.4, 0.5) is 10.1 Å². The van der Waals surface area contributed by atoms with E-state index in [0.717, 1.165) is 5.69 Å². The molecule has 2 aromatic rings. The first-order chi connectivity index (χ1) is 9.50. The molecule has 0 aliphatic heterocycles. The molecular weight excluding hydrogens is 341 g/mol. The number of thiocarbonyl (C=S) groups is 1. The van der Waals surface area contributed by atoms with E-state index < -0.39 is 0 Å². The summed E-state index contributed by atoms with van der Waals surface area (Å²) in [7, 11) is 1.81. The number of nitrogens with zero attached hydrogens (tertiary/aromatic N) is 2. The maximum Gasteiger partial charge on any atom is 0.161 e. The molecule has 6 heteroatoms. The number of pyridine rings is 1. The van der Waals surface area contributed by atoms with Crippen LogP contribution >= 0.6 is 28.1 Å². The van der Waals surface area contributed by atoms with Crippen LogP contribution in [0.3, 0.4) is 0 Å². The molecule has 20 heavy (non-hydrogen) atoms. The molecule has 0 aliphatic carbocycles. The van der Waals surface area contributed by atoms with Gasteiger partial charge in [-0.25, -0.2) is 4.39 Å². The molecule has 1 heterocycles. The largest absolute Gasteiger partial charge is 0.389 e. The van der Waals surface area contributed by atoms with E-state index in [0.29, 0.717) is 17.8 Å². The van der Waals surface area contributed by atoms with Gasteiger partial charge in [-0.2, -0.15) is 0 Å². The van der Waals surface area contributed by atoms with Crippen molar-refractivity contribution in [3.63, 3.8) is 0 Å². The van der Waals surface area contributed by atoms with Crippen molar-refractivity contribution in [2.45, 2.75) is 6.54 Å². The van der Waals surface area contributed by atoms with Crippen molar-refractivity contribution in [3.8, 4) is 0 Å². The van der Waals surface area contributed by atoms with Crippen molar-refractivity contribution in [2.75, 3.05) is 11.9 Å². The van der Waals surface area contributed by atoms with Gasteiger partial charge in [0.2, 0.25) is 0 Å². The smallest absolute Gasteiger partial charge is 0.161 e. The van der Waals surface area contributed by atoms with Gasteiger partial charge in [0.25, 0.3) is 0 Å². The minimum atomic E-state index is -0.381. The highest BCUT2D eigenvalue weighted by atomic mass is 79.9. The second-order valence-electron chi connectivity index (χ2n) is 4.30. The molecule has 0 unspecified atom stereocenters. The average molecular weight is 354 g/mol. The second-order valence-corrected chi connectivity index (χ2v) is 5.53. The summed E-state index contributed by atoms with van der Waals surface area (Å²) in [4.78, 5) is 6.17. The third kappa shape index (κ3) is 3.13. The molecule has 0 radical (unpaired) electrons. The van der Waals surface area contributed by atoms with E-state index in [9.17, 15) is 4.39 Å². The van der Waals surface area contributed by atoms with E-state index in [1.807, 2.05) is 18.2 Å². The lowest BCUT2D eigenvalue weighted by molar-refractivity contribution is 0.615. The number of nitrogens with two attached hydrogens (primary N) is 1. The van der Waals surface area contributed by atoms with Crippen molar-refractivity contribution < 1.29 is 4.39 Å². The summed E-state index contributed by atoms with van der Waals surface area (Å²) < 4.78 is 14.6. The summed E-state index contributed by atoms with van der Waals surface area (Å²) in [5, 5.41) is 0. The van der Waals surface area contributed by atoms with Gasteiger partial charge in [0.1, 0.15) is 4.99 Å². The van der Waals surface area contributed by atoms with Crippen molar-refractivity contribution in [3.05, 3.63) is 58.1 Å². The van der Waals surface area contributed by atoms with Gasteiger partial charge < -0.3 is 10.6 Å². The van der Waals surface area contributed by atoms with Gasteiger partial charge in [-0.1, -0.05) is 18.3 Å². The molecule has 0 amide bonds. The maximum absolute atomic E-state index is 14.4. The fourth-order valence-electron chi connectivity index (χ4n) is 1.84. The quantitative estimate of drug-likeness (QED) is 0.856. The first-order valence-corrected chi connectivity index (χ1v) is 7.09. The van der Waals surface area contributed by atoms with Gasteiger partial charge in [-0.05, 0) is 40.2 Å². The molecule has 1 aromatic heterocycles. The lowest BCUT2D eigenvalue weighted by atomic mass is 10.2. The average Bonchev–Trinajstić information content (AvgIpc) is 2.42. The normalized spacial score (nSPS) is 10.3. The van der Waals surface area contributed by atoms with Gasteiger partial charge in [0.05, 0.1) is 22.4 Å². The molecule has 1 aromatic carbocycles. The molecular formula is C14H13BrFN3S. The predicted octanol–water partition coefficient (Wildman–Crippen LogP) is 3.25. The van der Waals surface area contributed by atoms with Crippen LogP contribution in [0.25, 0.3) is 0 Å². The Morgan fingerprint density at radius 2 is 2.15 bits per heavy atom. The van der Waals surface area contributed by atoms with Gasteiger partial charge in [0, 0.05) is 18.8 Å². The SMILES string of the molecule is CN(Cc1ccccn1)c1ccc(C(N)=S)c(Br)c1F. The zero-order valence-corrected chi connectivity index (χ0v) is 13.2. The molecule has 2 rings (SSSR count). The Hall–Kier alpha value is -1.53. The highest BCUT2D eigenvalue weighted by Crippen LogP contribution is 2.29. The lowest BCUT2D eigenvalue weighted by Gasteiger charge is -2.20. The van der Waals surface area contributed by atoms with Crippen LogP contribution in [0.2, 0.25) is 0 Å². The summed E-state index contributed by atoms with van der Waals surface area (Å²) in [6.07, 6.45) is 1.71. The Labute approximate surface area is 130 Å². The van der Waals surface area contributed by atoms with Crippen LogP contribution in [0.15, 0.2) is 41.0 Å². The summed E-state index contributed by atoms with van der Waals surface area (Å²) in [6.45, 7) is 0.511. The van der Waals surface area contributed by atoms with E-state index >= 15 is 0 Å². The third-order valence-electron chi connectivity index (χ3n) is 2.86. The predicted molar refractivity (Wildman–Crippen MR) is 86.3 cm³/mol. The van der Waals surface area contributed by atoms with E-state index in [-0.39, 0.29) is 15.3 Å². The number of hydrogen-bond acceptors (Lipinski definition) is 3. The monoisotopic (exact) mass is 353 g/mol. The Morgan fingerprint density at radius 3 is 2.75 bits per heavy atom. The van der Waals surface area contributed by atoms with Crippen LogP contribution < -0.4 is 10.6 Å². The van der Waals surface area contributed by atoms with E-state index in [1.165, 1.54) is 0 Å². The molecule has 0 saturated heterocycles. The summed E-state index contributed by atoms with van der Waals surface area (Å²) in [5.74, 6) is -0.381. The van der Waals surface area contributed by atoms with Crippen LogP contribution in [-0.2, 0) is 6.54 Å². The summed E-state index contributed by atoms with van der Waals surface area (Å²) in [5.41, 5.74) is 7.36. The Morgan fingerprint density at radius 1 is 1.40 bits per heavy atom. The lowest BCUT2D eigenvalue weighted by Crippen LogP contribution is -2.19. The van der Waals surface area contributed by atoms with Crippen molar-refractivity contribution >= 4 is 38.8 Å². The minimum Gasteiger partial charge on any atom is -0.389 e. The van der Waals surface area contributed by atoms with Crippen LogP contribution in [-0.4, -0.2) is 17.0 Å². The van der Waals surface area contributed by atoms with Crippen LogP contribution in [0.1, 0.15) is 11.3 Å². The fourth-order valence-corrected chi connectivity index (χ4v) is 2.69. The fraction of sp³-hybridized carbons (Fsp3) is 0.143. The van der Waals surface area contributed by atoms with E-state index in [4.69, 9.17) is 18.0 Å². The molecule has 0 aliphatic rings. The maximum atomic E-state index is 14.4. The van der Waals surface area contributed by atoms with Crippen molar-refractivity contribution in [2.24, 2.45) is 5.73 Å². The molecule has 3 nitrogen and oxygen atoms in total. The summed E-state index contributed by atoms with van der Waals surface area (Å²) in [6, 6.07) is 9.01. The first-order valence-electron chi connectivity index (χ1n) is 5.89. The highest BCUT2D eigenvalue weighted by molar-refractivity contribution is 9.10. The molecule has 2 N–H and O–H groups in total. The van der Waals surface area contributed by atoms with Crippen LogP contribution in [0.5, 0.6) is 0 Å². The van der Waals surface area contributed by atoms with Crippen LogP contribution in [0, 0.1) is 5.82 Å². The van der Waals surface area contributed by atoms with Gasteiger partial charge in [-0.3, -0.25) is 4.98 Å². The summed E-state index contributed by atoms with van der Waals surface area (Å²) >= 11 is 8.08. The minimum absolute atomic E-state index is 0.162. The third-order valence-corrected chi connectivity index (χ3v) is 3.86. The van der Waals surface area contributed by atoms with Gasteiger partial charge >= 0.3 is 0 Å². The van der Waals surface area contributed by atoms with Crippen molar-refractivity contribution in [1.82, 2.24) is 4.98 Å². The number of benzene rings is 1. The molecule has 0 fully saturated rings. The Kier molecular flexibility index (Phi) is 4.67. The second kappa shape index (κ2) is 6.28. The number of hydrogen-bond donors (Lipinski definition) is 1. The highest BCUT2D eigenvalue weighted by Gasteiger charge is 2.15. The zero-order valence-electron chi connectivity index (χ0n) is 10.8. The molecule has 0 atom stereocenters. The molecule has 0 bridgehead atoms. The molecule has 0 saturated carbocycles. The van der Waals surface area contributed by atoms with Gasteiger partial charge in [0.15, 0.2) is 5.82 Å². The van der Waals surface area contributed by atoms with E-state index in [2.05, 4.69) is 20.9 Å². The molecule has 0 spiro atoms. The topological polar surface area (TPSA) is 42.2 Å². The zero-order chi connectivity index (χ0) is 14.7. The number of aromatic nitrogens is 1.